The largest absolute Gasteiger partial charge is 0.0721 e. The Kier molecular flexibility index (Phi) is 6.39. The Morgan fingerprint density at radius 1 is 0.815 bits per heavy atom. The molecule has 138 valence electrons. The summed E-state index contributed by atoms with van der Waals surface area (Å²) in [6, 6.07) is 33.8. The maximum Gasteiger partial charge on any atom is -0.0151 e. The lowest BCUT2D eigenvalue weighted by molar-refractivity contribution is 0.706. The van der Waals surface area contributed by atoms with Crippen LogP contribution in [0.25, 0.3) is 0 Å². The summed E-state index contributed by atoms with van der Waals surface area (Å²) in [7, 11) is -0.294. The van der Waals surface area contributed by atoms with Crippen molar-refractivity contribution >= 4 is 31.8 Å². The first kappa shape index (κ1) is 18.9. The second-order valence-electron chi connectivity index (χ2n) is 7.45. The Hall–Kier alpha value is -1.48. The molecule has 0 aromatic heterocycles. The van der Waals surface area contributed by atoms with Crippen LogP contribution in [0, 0.1) is 0 Å². The first-order valence-corrected chi connectivity index (χ1v) is 13.0. The van der Waals surface area contributed by atoms with Crippen LogP contribution in [0.1, 0.15) is 26.2 Å². The highest BCUT2D eigenvalue weighted by atomic mass is 31.1. The third-order valence-electron chi connectivity index (χ3n) is 5.59. The molecule has 1 heterocycles. The Balaban J connectivity index is 1.58. The highest BCUT2D eigenvalue weighted by molar-refractivity contribution is 7.73. The van der Waals surface area contributed by atoms with Crippen LogP contribution in [0.5, 0.6) is 0 Å². The summed E-state index contributed by atoms with van der Waals surface area (Å²) in [6.07, 6.45) is 5.60. The molecule has 0 saturated carbocycles. The first-order valence-electron chi connectivity index (χ1n) is 10.0. The second kappa shape index (κ2) is 9.14. The van der Waals surface area contributed by atoms with E-state index < -0.39 is 0 Å². The van der Waals surface area contributed by atoms with E-state index in [4.69, 9.17) is 0 Å². The van der Waals surface area contributed by atoms with Gasteiger partial charge in [-0.3, -0.25) is 0 Å². The zero-order valence-electron chi connectivity index (χ0n) is 16.0. The summed E-state index contributed by atoms with van der Waals surface area (Å²) >= 11 is 0. The smallest absolute Gasteiger partial charge is 0.0151 e. The number of hydrogen-bond acceptors (Lipinski definition) is 0. The van der Waals surface area contributed by atoms with Gasteiger partial charge in [-0.15, -0.1) is 0 Å². The van der Waals surface area contributed by atoms with Gasteiger partial charge in [-0.1, -0.05) is 106 Å². The Bertz CT molecular complexity index is 777. The van der Waals surface area contributed by atoms with E-state index in [9.17, 15) is 0 Å². The molecule has 1 aliphatic heterocycles. The zero-order valence-corrected chi connectivity index (χ0v) is 17.8. The second-order valence-corrected chi connectivity index (χ2v) is 12.7. The SMILES string of the molecule is C[C@@H](C[C@@H]1CCC[P@]1c1ccccc1)P(c1ccccc1)c1ccccc1. The summed E-state index contributed by atoms with van der Waals surface area (Å²) < 4.78 is 0. The molecule has 3 aromatic rings. The van der Waals surface area contributed by atoms with Gasteiger partial charge in [0.25, 0.3) is 0 Å². The Morgan fingerprint density at radius 2 is 1.33 bits per heavy atom. The minimum Gasteiger partial charge on any atom is -0.0721 e. The number of benzene rings is 3. The van der Waals surface area contributed by atoms with Gasteiger partial charge in [-0.25, -0.2) is 0 Å². The molecule has 0 radical (unpaired) electrons. The van der Waals surface area contributed by atoms with E-state index in [2.05, 4.69) is 97.9 Å². The average molecular weight is 390 g/mol. The quantitative estimate of drug-likeness (QED) is 0.462. The van der Waals surface area contributed by atoms with Crippen LogP contribution in [0.15, 0.2) is 91.0 Å². The molecule has 1 saturated heterocycles. The molecule has 4 rings (SSSR count). The lowest BCUT2D eigenvalue weighted by atomic mass is 10.2. The van der Waals surface area contributed by atoms with Gasteiger partial charge < -0.3 is 0 Å². The standard InChI is InChI=1S/C25H28P2/c1-21(20-25-18-11-19-26(25)22-12-5-2-6-13-22)27(23-14-7-3-8-15-23)24-16-9-4-10-17-24/h2-10,12-17,21,25H,11,18-20H2,1H3/t21-,25-,26+/m0/s1. The Morgan fingerprint density at radius 3 is 1.89 bits per heavy atom. The third-order valence-corrected chi connectivity index (χ3v) is 11.5. The Labute approximate surface area is 166 Å². The van der Waals surface area contributed by atoms with Crippen LogP contribution in [0.2, 0.25) is 0 Å². The topological polar surface area (TPSA) is 0 Å². The van der Waals surface area contributed by atoms with E-state index in [1.807, 2.05) is 0 Å². The fraction of sp³-hybridized carbons (Fsp3) is 0.280. The third kappa shape index (κ3) is 4.51. The number of hydrogen-bond donors (Lipinski definition) is 0. The van der Waals surface area contributed by atoms with Crippen LogP contribution in [0.4, 0.5) is 0 Å². The summed E-state index contributed by atoms with van der Waals surface area (Å²) in [5, 5.41) is 4.66. The van der Waals surface area contributed by atoms with Crippen molar-refractivity contribution in [3.8, 4) is 0 Å². The molecule has 1 aliphatic rings. The normalized spacial score (nSPS) is 20.7. The monoisotopic (exact) mass is 390 g/mol. The van der Waals surface area contributed by atoms with Gasteiger partial charge in [-0.05, 0) is 60.6 Å². The summed E-state index contributed by atoms with van der Waals surface area (Å²) in [4.78, 5) is 0. The first-order chi connectivity index (χ1) is 13.3. The van der Waals surface area contributed by atoms with Gasteiger partial charge in [0.2, 0.25) is 0 Å². The highest BCUT2D eigenvalue weighted by Crippen LogP contribution is 2.53. The lowest BCUT2D eigenvalue weighted by Gasteiger charge is -2.30. The van der Waals surface area contributed by atoms with Crippen molar-refractivity contribution in [3.63, 3.8) is 0 Å². The molecule has 0 nitrogen and oxygen atoms in total. The van der Waals surface area contributed by atoms with Crippen molar-refractivity contribution in [3.05, 3.63) is 91.0 Å². The van der Waals surface area contributed by atoms with E-state index in [1.54, 1.807) is 5.30 Å². The molecule has 0 amide bonds. The van der Waals surface area contributed by atoms with Gasteiger partial charge in [0.15, 0.2) is 0 Å². The summed E-state index contributed by atoms with van der Waals surface area (Å²) in [5.41, 5.74) is 1.59. The molecule has 0 unspecified atom stereocenters. The molecular weight excluding hydrogens is 362 g/mol. The van der Waals surface area contributed by atoms with Crippen molar-refractivity contribution in [1.82, 2.24) is 0 Å². The molecule has 3 atom stereocenters. The fourth-order valence-electron chi connectivity index (χ4n) is 4.37. The molecule has 27 heavy (non-hydrogen) atoms. The predicted molar refractivity (Wildman–Crippen MR) is 124 cm³/mol. The van der Waals surface area contributed by atoms with E-state index in [1.165, 1.54) is 36.0 Å². The molecule has 0 N–H and O–H groups in total. The van der Waals surface area contributed by atoms with Crippen molar-refractivity contribution in [2.75, 3.05) is 6.16 Å². The molecular formula is C25H28P2. The highest BCUT2D eigenvalue weighted by Gasteiger charge is 2.32. The van der Waals surface area contributed by atoms with Gasteiger partial charge in [0.05, 0.1) is 0 Å². The van der Waals surface area contributed by atoms with Crippen molar-refractivity contribution in [2.24, 2.45) is 0 Å². The number of rotatable bonds is 6. The zero-order chi connectivity index (χ0) is 18.5. The lowest BCUT2D eigenvalue weighted by Crippen LogP contribution is -2.23. The van der Waals surface area contributed by atoms with Crippen LogP contribution < -0.4 is 15.9 Å². The van der Waals surface area contributed by atoms with Crippen molar-refractivity contribution in [1.29, 1.82) is 0 Å². The van der Waals surface area contributed by atoms with Crippen LogP contribution in [-0.4, -0.2) is 17.5 Å². The summed E-state index contributed by atoms with van der Waals surface area (Å²) in [6.45, 7) is 2.50. The molecule has 1 fully saturated rings. The fourth-order valence-corrected chi connectivity index (χ4v) is 10.5. The van der Waals surface area contributed by atoms with Crippen LogP contribution in [-0.2, 0) is 0 Å². The predicted octanol–water partition coefficient (Wildman–Crippen LogP) is 5.87. The molecule has 0 bridgehead atoms. The molecule has 0 spiro atoms. The van der Waals surface area contributed by atoms with Gasteiger partial charge in [0, 0.05) is 0 Å². The maximum absolute atomic E-state index is 2.50. The summed E-state index contributed by atoms with van der Waals surface area (Å²) in [5.74, 6) is 0. The van der Waals surface area contributed by atoms with Gasteiger partial charge in [0.1, 0.15) is 0 Å². The molecule has 0 aliphatic carbocycles. The average Bonchev–Trinajstić information content (AvgIpc) is 3.18. The van der Waals surface area contributed by atoms with Gasteiger partial charge >= 0.3 is 0 Å². The maximum atomic E-state index is 2.50. The van der Waals surface area contributed by atoms with Crippen LogP contribution >= 0.6 is 15.8 Å². The van der Waals surface area contributed by atoms with Gasteiger partial charge in [-0.2, -0.15) is 0 Å². The van der Waals surface area contributed by atoms with E-state index in [0.717, 1.165) is 5.66 Å². The minimum absolute atomic E-state index is 0.0116. The molecule has 2 heteroatoms. The molecule has 3 aromatic carbocycles. The minimum atomic E-state index is -0.306. The van der Waals surface area contributed by atoms with E-state index >= 15 is 0 Å². The van der Waals surface area contributed by atoms with Crippen molar-refractivity contribution in [2.45, 2.75) is 37.5 Å². The van der Waals surface area contributed by atoms with Crippen molar-refractivity contribution < 1.29 is 0 Å². The van der Waals surface area contributed by atoms with Crippen LogP contribution in [0.3, 0.4) is 0 Å². The van der Waals surface area contributed by atoms with E-state index in [-0.39, 0.29) is 15.8 Å². The van der Waals surface area contributed by atoms with E-state index in [0.29, 0.717) is 5.66 Å².